The lowest BCUT2D eigenvalue weighted by Crippen LogP contribution is -2.14. The highest BCUT2D eigenvalue weighted by Crippen LogP contribution is 2.21. The van der Waals surface area contributed by atoms with E-state index in [0.29, 0.717) is 10.8 Å². The first-order valence-corrected chi connectivity index (χ1v) is 9.42. The molecule has 2 aromatic carbocycles. The molecule has 1 amide bonds. The van der Waals surface area contributed by atoms with Crippen molar-refractivity contribution in [1.82, 2.24) is 19.7 Å². The van der Waals surface area contributed by atoms with Gasteiger partial charge in [-0.25, -0.2) is 0 Å². The zero-order valence-corrected chi connectivity index (χ0v) is 15.5. The van der Waals surface area contributed by atoms with E-state index in [-0.39, 0.29) is 11.7 Å². The lowest BCUT2D eigenvalue weighted by molar-refractivity contribution is -0.113. The Kier molecular flexibility index (Phi) is 4.84. The van der Waals surface area contributed by atoms with Crippen LogP contribution in [-0.2, 0) is 4.79 Å². The second-order valence-corrected chi connectivity index (χ2v) is 7.02. The number of aromatic nitrogens is 4. The third-order valence-electron chi connectivity index (χ3n) is 4.04. The molecule has 27 heavy (non-hydrogen) atoms. The van der Waals surface area contributed by atoms with Gasteiger partial charge >= 0.3 is 0 Å². The van der Waals surface area contributed by atoms with Gasteiger partial charge in [-0.15, -0.1) is 10.2 Å². The van der Waals surface area contributed by atoms with Gasteiger partial charge in [0.25, 0.3) is 0 Å². The van der Waals surface area contributed by atoms with Crippen LogP contribution < -0.4 is 5.32 Å². The van der Waals surface area contributed by atoms with Crippen LogP contribution in [0.25, 0.3) is 16.6 Å². The molecule has 2 heterocycles. The molecular formula is C20H17N5OS. The third-order valence-corrected chi connectivity index (χ3v) is 4.98. The van der Waals surface area contributed by atoms with E-state index < -0.39 is 0 Å². The molecule has 6 nitrogen and oxygen atoms in total. The van der Waals surface area contributed by atoms with E-state index in [2.05, 4.69) is 20.5 Å². The predicted octanol–water partition coefficient (Wildman–Crippen LogP) is 3.85. The number of para-hydroxylation sites is 1. The zero-order chi connectivity index (χ0) is 18.6. The Bertz CT molecular complexity index is 1090. The van der Waals surface area contributed by atoms with E-state index in [1.807, 2.05) is 66.1 Å². The number of thioether (sulfide) groups is 1. The Morgan fingerprint density at radius 1 is 1.15 bits per heavy atom. The minimum Gasteiger partial charge on any atom is -0.324 e. The molecule has 0 atom stereocenters. The van der Waals surface area contributed by atoms with Gasteiger partial charge in [-0.3, -0.25) is 14.3 Å². The van der Waals surface area contributed by atoms with Crippen molar-refractivity contribution in [2.45, 2.75) is 12.1 Å². The van der Waals surface area contributed by atoms with Crippen molar-refractivity contribution in [3.8, 4) is 5.69 Å². The summed E-state index contributed by atoms with van der Waals surface area (Å²) in [6.45, 7) is 2.04. The van der Waals surface area contributed by atoms with Gasteiger partial charge in [0.05, 0.1) is 23.2 Å². The highest BCUT2D eigenvalue weighted by Gasteiger charge is 2.11. The summed E-state index contributed by atoms with van der Waals surface area (Å²) in [5, 5.41) is 12.6. The molecule has 0 unspecified atom stereocenters. The van der Waals surface area contributed by atoms with Crippen LogP contribution in [0.15, 0.2) is 72.3 Å². The fourth-order valence-electron chi connectivity index (χ4n) is 2.67. The summed E-state index contributed by atoms with van der Waals surface area (Å²) in [5.74, 6) is 0.118. The molecule has 0 fully saturated rings. The van der Waals surface area contributed by atoms with Crippen molar-refractivity contribution in [2.24, 2.45) is 0 Å². The van der Waals surface area contributed by atoms with Crippen LogP contribution in [0.4, 0.5) is 5.69 Å². The summed E-state index contributed by atoms with van der Waals surface area (Å²) in [6.07, 6.45) is 3.32. The Morgan fingerprint density at radius 2 is 1.96 bits per heavy atom. The monoisotopic (exact) mass is 375 g/mol. The molecule has 0 radical (unpaired) electrons. The normalized spacial score (nSPS) is 10.9. The maximum Gasteiger partial charge on any atom is 0.234 e. The largest absolute Gasteiger partial charge is 0.324 e. The average Bonchev–Trinajstić information content (AvgIpc) is 3.15. The van der Waals surface area contributed by atoms with Crippen LogP contribution >= 0.6 is 11.8 Å². The molecule has 1 N–H and O–H groups in total. The summed E-state index contributed by atoms with van der Waals surface area (Å²) < 4.78 is 1.87. The van der Waals surface area contributed by atoms with Crippen LogP contribution in [0.1, 0.15) is 5.56 Å². The Morgan fingerprint density at radius 3 is 2.81 bits per heavy atom. The Balaban J connectivity index is 1.42. The lowest BCUT2D eigenvalue weighted by Gasteiger charge is -2.08. The highest BCUT2D eigenvalue weighted by atomic mass is 32.2. The number of nitrogens with one attached hydrogen (secondary N) is 1. The maximum absolute atomic E-state index is 12.3. The molecule has 0 bridgehead atoms. The van der Waals surface area contributed by atoms with Crippen LogP contribution in [0.2, 0.25) is 0 Å². The van der Waals surface area contributed by atoms with Gasteiger partial charge in [-0.2, -0.15) is 0 Å². The highest BCUT2D eigenvalue weighted by molar-refractivity contribution is 7.99. The van der Waals surface area contributed by atoms with Crippen LogP contribution in [0.5, 0.6) is 0 Å². The number of benzene rings is 2. The standard InChI is InChI=1S/C20H17N5OS/c1-14-6-8-17(9-7-14)25-13-22-24-20(25)27-12-19(26)23-16-10-15-4-2-3-5-18(15)21-11-16/h2-11,13H,12H2,1H3,(H,23,26). The molecule has 4 rings (SSSR count). The molecule has 2 aromatic heterocycles. The molecule has 7 heteroatoms. The van der Waals surface area contributed by atoms with Gasteiger partial charge in [0, 0.05) is 11.1 Å². The number of hydrogen-bond acceptors (Lipinski definition) is 5. The van der Waals surface area contributed by atoms with Crippen molar-refractivity contribution in [3.63, 3.8) is 0 Å². The zero-order valence-electron chi connectivity index (χ0n) is 14.7. The SMILES string of the molecule is Cc1ccc(-n2cnnc2SCC(=O)Nc2cnc3ccccc3c2)cc1. The smallest absolute Gasteiger partial charge is 0.234 e. The summed E-state index contributed by atoms with van der Waals surface area (Å²) in [7, 11) is 0. The van der Waals surface area contributed by atoms with E-state index in [1.165, 1.54) is 17.3 Å². The number of nitrogens with zero attached hydrogens (tertiary/aromatic N) is 4. The Labute approximate surface area is 160 Å². The average molecular weight is 375 g/mol. The van der Waals surface area contributed by atoms with Crippen molar-refractivity contribution >= 4 is 34.3 Å². The van der Waals surface area contributed by atoms with E-state index in [1.54, 1.807) is 12.5 Å². The number of carbonyl (C=O) groups is 1. The Hall–Kier alpha value is -3.19. The minimum absolute atomic E-state index is 0.115. The summed E-state index contributed by atoms with van der Waals surface area (Å²) in [6, 6.07) is 17.8. The lowest BCUT2D eigenvalue weighted by atomic mass is 10.2. The van der Waals surface area contributed by atoms with E-state index in [4.69, 9.17) is 0 Å². The fourth-order valence-corrected chi connectivity index (χ4v) is 3.40. The number of aryl methyl sites for hydroxylation is 1. The number of anilines is 1. The quantitative estimate of drug-likeness (QED) is 0.536. The molecule has 0 spiro atoms. The van der Waals surface area contributed by atoms with Crippen molar-refractivity contribution < 1.29 is 4.79 Å². The van der Waals surface area contributed by atoms with Crippen molar-refractivity contribution in [3.05, 3.63) is 72.7 Å². The topological polar surface area (TPSA) is 72.7 Å². The van der Waals surface area contributed by atoms with E-state index >= 15 is 0 Å². The van der Waals surface area contributed by atoms with Gasteiger partial charge in [0.2, 0.25) is 5.91 Å². The molecular weight excluding hydrogens is 358 g/mol. The van der Waals surface area contributed by atoms with Gasteiger partial charge in [-0.05, 0) is 31.2 Å². The minimum atomic E-state index is -0.115. The molecule has 134 valence electrons. The first-order chi connectivity index (χ1) is 13.2. The number of hydrogen-bond donors (Lipinski definition) is 1. The first kappa shape index (κ1) is 17.2. The molecule has 0 aliphatic carbocycles. The molecule has 0 aliphatic rings. The van der Waals surface area contributed by atoms with Gasteiger partial charge < -0.3 is 5.32 Å². The van der Waals surface area contributed by atoms with Crippen LogP contribution in [0.3, 0.4) is 0 Å². The molecule has 0 aliphatic heterocycles. The summed E-state index contributed by atoms with van der Waals surface area (Å²) in [4.78, 5) is 16.7. The van der Waals surface area contributed by atoms with E-state index in [0.717, 1.165) is 16.6 Å². The number of pyridine rings is 1. The summed E-state index contributed by atoms with van der Waals surface area (Å²) in [5.41, 5.74) is 3.73. The second kappa shape index (κ2) is 7.59. The van der Waals surface area contributed by atoms with Gasteiger partial charge in [0.1, 0.15) is 6.33 Å². The second-order valence-electron chi connectivity index (χ2n) is 6.07. The van der Waals surface area contributed by atoms with Crippen molar-refractivity contribution in [2.75, 3.05) is 11.1 Å². The fraction of sp³-hybridized carbons (Fsp3) is 0.100. The number of fused-ring (bicyclic) bond motifs is 1. The number of rotatable bonds is 5. The predicted molar refractivity (Wildman–Crippen MR) is 107 cm³/mol. The van der Waals surface area contributed by atoms with Gasteiger partial charge in [-0.1, -0.05) is 47.7 Å². The molecule has 0 saturated carbocycles. The number of amides is 1. The number of carbonyl (C=O) groups excluding carboxylic acids is 1. The van der Waals surface area contributed by atoms with Gasteiger partial charge in [0.15, 0.2) is 5.16 Å². The van der Waals surface area contributed by atoms with Crippen LogP contribution in [0, 0.1) is 6.92 Å². The third kappa shape index (κ3) is 3.98. The van der Waals surface area contributed by atoms with E-state index in [9.17, 15) is 4.79 Å². The molecule has 0 saturated heterocycles. The maximum atomic E-state index is 12.3. The van der Waals surface area contributed by atoms with Crippen molar-refractivity contribution in [1.29, 1.82) is 0 Å². The first-order valence-electron chi connectivity index (χ1n) is 8.43. The summed E-state index contributed by atoms with van der Waals surface area (Å²) >= 11 is 1.34. The van der Waals surface area contributed by atoms with Crippen LogP contribution in [-0.4, -0.2) is 31.4 Å². The molecule has 4 aromatic rings.